The summed E-state index contributed by atoms with van der Waals surface area (Å²) in [5.41, 5.74) is 6.10. The van der Waals surface area contributed by atoms with Crippen LogP contribution in [0.15, 0.2) is 0 Å². The highest BCUT2D eigenvalue weighted by molar-refractivity contribution is 4.93. The average Bonchev–Trinajstić information content (AvgIpc) is 3.05. The Balaban J connectivity index is 1.70. The summed E-state index contributed by atoms with van der Waals surface area (Å²) in [5.74, 6) is 1.80. The Morgan fingerprint density at radius 2 is 1.42 bits per heavy atom. The highest BCUT2D eigenvalue weighted by Gasteiger charge is 2.39. The lowest BCUT2D eigenvalue weighted by Crippen LogP contribution is -2.47. The summed E-state index contributed by atoms with van der Waals surface area (Å²) in [7, 11) is 0. The van der Waals surface area contributed by atoms with Gasteiger partial charge in [0.05, 0.1) is 0 Å². The Bertz CT molecular complexity index is 272. The SMILES string of the molecule is NCC1CCCCCC1N1CCCC1C1CCCC1. The van der Waals surface area contributed by atoms with Gasteiger partial charge in [-0.1, -0.05) is 32.1 Å². The van der Waals surface area contributed by atoms with Crippen molar-refractivity contribution in [2.24, 2.45) is 17.6 Å². The number of rotatable bonds is 3. The van der Waals surface area contributed by atoms with Crippen LogP contribution in [0.5, 0.6) is 0 Å². The summed E-state index contributed by atoms with van der Waals surface area (Å²) in [6.07, 6.45) is 16.0. The van der Waals surface area contributed by atoms with Crippen molar-refractivity contribution in [3.8, 4) is 0 Å². The maximum Gasteiger partial charge on any atom is 0.0139 e. The van der Waals surface area contributed by atoms with E-state index in [1.54, 1.807) is 0 Å². The minimum Gasteiger partial charge on any atom is -0.330 e. The monoisotopic (exact) mass is 264 g/mol. The van der Waals surface area contributed by atoms with Crippen LogP contribution >= 0.6 is 0 Å². The Hall–Kier alpha value is -0.0800. The van der Waals surface area contributed by atoms with Crippen LogP contribution in [0.1, 0.15) is 70.6 Å². The molecule has 1 heterocycles. The van der Waals surface area contributed by atoms with Crippen molar-refractivity contribution in [1.29, 1.82) is 0 Å². The van der Waals surface area contributed by atoms with E-state index >= 15 is 0 Å². The second-order valence-corrected chi connectivity index (χ2v) is 7.19. The molecule has 0 amide bonds. The van der Waals surface area contributed by atoms with Gasteiger partial charge in [-0.2, -0.15) is 0 Å². The van der Waals surface area contributed by atoms with Crippen LogP contribution in [0.25, 0.3) is 0 Å². The van der Waals surface area contributed by atoms with Gasteiger partial charge in [-0.3, -0.25) is 4.90 Å². The van der Waals surface area contributed by atoms with Gasteiger partial charge in [0, 0.05) is 12.1 Å². The topological polar surface area (TPSA) is 29.3 Å². The zero-order chi connectivity index (χ0) is 13.1. The van der Waals surface area contributed by atoms with Gasteiger partial charge in [-0.15, -0.1) is 0 Å². The number of nitrogens with zero attached hydrogens (tertiary/aromatic N) is 1. The number of hydrogen-bond donors (Lipinski definition) is 1. The van der Waals surface area contributed by atoms with Crippen molar-refractivity contribution in [2.75, 3.05) is 13.1 Å². The fourth-order valence-electron chi connectivity index (χ4n) is 5.15. The third kappa shape index (κ3) is 3.00. The molecular weight excluding hydrogens is 232 g/mol. The molecule has 3 atom stereocenters. The summed E-state index contributed by atoms with van der Waals surface area (Å²) < 4.78 is 0. The Morgan fingerprint density at radius 1 is 0.737 bits per heavy atom. The first-order valence-corrected chi connectivity index (χ1v) is 8.86. The Morgan fingerprint density at radius 3 is 2.21 bits per heavy atom. The molecule has 3 unspecified atom stereocenters. The molecule has 2 saturated carbocycles. The minimum absolute atomic E-state index is 0.782. The Labute approximate surface area is 119 Å². The molecule has 2 N–H and O–H groups in total. The van der Waals surface area contributed by atoms with Gasteiger partial charge in [0.2, 0.25) is 0 Å². The molecule has 3 fully saturated rings. The average molecular weight is 264 g/mol. The third-order valence-corrected chi connectivity index (χ3v) is 6.13. The molecule has 3 rings (SSSR count). The predicted octanol–water partition coefficient (Wildman–Crippen LogP) is 3.55. The van der Waals surface area contributed by atoms with Gasteiger partial charge in [-0.25, -0.2) is 0 Å². The first-order chi connectivity index (χ1) is 9.40. The number of hydrogen-bond acceptors (Lipinski definition) is 2. The second kappa shape index (κ2) is 6.58. The quantitative estimate of drug-likeness (QED) is 0.790. The fraction of sp³-hybridized carbons (Fsp3) is 1.00. The van der Waals surface area contributed by atoms with E-state index in [1.807, 2.05) is 0 Å². The molecule has 0 aromatic rings. The molecule has 0 aromatic heterocycles. The molecule has 2 aliphatic carbocycles. The van der Waals surface area contributed by atoms with Crippen LogP contribution < -0.4 is 5.73 Å². The van der Waals surface area contributed by atoms with Crippen LogP contribution in [0.3, 0.4) is 0 Å². The molecule has 0 spiro atoms. The fourth-order valence-corrected chi connectivity index (χ4v) is 5.15. The van der Waals surface area contributed by atoms with E-state index in [-0.39, 0.29) is 0 Å². The summed E-state index contributed by atoms with van der Waals surface area (Å²) in [6.45, 7) is 2.28. The number of nitrogens with two attached hydrogens (primary N) is 1. The van der Waals surface area contributed by atoms with E-state index in [2.05, 4.69) is 4.90 Å². The molecule has 2 heteroatoms. The van der Waals surface area contributed by atoms with Crippen LogP contribution in [-0.2, 0) is 0 Å². The second-order valence-electron chi connectivity index (χ2n) is 7.19. The van der Waals surface area contributed by atoms with Gasteiger partial charge >= 0.3 is 0 Å². The van der Waals surface area contributed by atoms with Crippen molar-refractivity contribution in [3.63, 3.8) is 0 Å². The standard InChI is InChI=1S/C17H32N2/c18-13-15-9-2-1-3-10-17(15)19-12-6-11-16(19)14-7-4-5-8-14/h14-17H,1-13,18H2. The highest BCUT2D eigenvalue weighted by Crippen LogP contribution is 2.39. The lowest BCUT2D eigenvalue weighted by atomic mass is 9.89. The van der Waals surface area contributed by atoms with Crippen LogP contribution in [0.4, 0.5) is 0 Å². The summed E-state index contributed by atoms with van der Waals surface area (Å²) >= 11 is 0. The van der Waals surface area contributed by atoms with E-state index in [0.29, 0.717) is 0 Å². The van der Waals surface area contributed by atoms with E-state index in [0.717, 1.165) is 30.5 Å². The van der Waals surface area contributed by atoms with Gasteiger partial charge in [0.25, 0.3) is 0 Å². The predicted molar refractivity (Wildman–Crippen MR) is 81.1 cm³/mol. The van der Waals surface area contributed by atoms with Crippen molar-refractivity contribution in [1.82, 2.24) is 4.90 Å². The smallest absolute Gasteiger partial charge is 0.0139 e. The molecule has 0 bridgehead atoms. The zero-order valence-corrected chi connectivity index (χ0v) is 12.5. The molecule has 19 heavy (non-hydrogen) atoms. The summed E-state index contributed by atoms with van der Waals surface area (Å²) in [5, 5.41) is 0. The molecular formula is C17H32N2. The van der Waals surface area contributed by atoms with E-state index < -0.39 is 0 Å². The first kappa shape index (κ1) is 13.9. The van der Waals surface area contributed by atoms with Crippen LogP contribution in [0.2, 0.25) is 0 Å². The van der Waals surface area contributed by atoms with Crippen LogP contribution in [0, 0.1) is 11.8 Å². The van der Waals surface area contributed by atoms with Crippen molar-refractivity contribution in [2.45, 2.75) is 82.7 Å². The maximum atomic E-state index is 6.10. The highest BCUT2D eigenvalue weighted by atomic mass is 15.2. The largest absolute Gasteiger partial charge is 0.330 e. The molecule has 0 aromatic carbocycles. The van der Waals surface area contributed by atoms with Gasteiger partial charge in [0.1, 0.15) is 0 Å². The minimum atomic E-state index is 0.782. The molecule has 1 saturated heterocycles. The lowest BCUT2D eigenvalue weighted by Gasteiger charge is -2.39. The van der Waals surface area contributed by atoms with Crippen molar-refractivity contribution < 1.29 is 0 Å². The molecule has 1 aliphatic heterocycles. The van der Waals surface area contributed by atoms with E-state index in [9.17, 15) is 0 Å². The number of likely N-dealkylation sites (tertiary alicyclic amines) is 1. The third-order valence-electron chi connectivity index (χ3n) is 6.13. The van der Waals surface area contributed by atoms with E-state index in [4.69, 9.17) is 5.73 Å². The van der Waals surface area contributed by atoms with Gasteiger partial charge in [0.15, 0.2) is 0 Å². The van der Waals surface area contributed by atoms with Crippen molar-refractivity contribution in [3.05, 3.63) is 0 Å². The zero-order valence-electron chi connectivity index (χ0n) is 12.5. The maximum absolute atomic E-state index is 6.10. The molecule has 110 valence electrons. The van der Waals surface area contributed by atoms with Gasteiger partial charge in [-0.05, 0) is 63.5 Å². The van der Waals surface area contributed by atoms with E-state index in [1.165, 1.54) is 77.2 Å². The Kier molecular flexibility index (Phi) is 4.81. The molecule has 2 nitrogen and oxygen atoms in total. The lowest BCUT2D eigenvalue weighted by molar-refractivity contribution is 0.0913. The molecule has 3 aliphatic rings. The normalized spacial score (nSPS) is 38.7. The summed E-state index contributed by atoms with van der Waals surface area (Å²) in [6, 6.07) is 1.74. The van der Waals surface area contributed by atoms with Crippen molar-refractivity contribution >= 4 is 0 Å². The van der Waals surface area contributed by atoms with Crippen LogP contribution in [-0.4, -0.2) is 30.1 Å². The molecule has 0 radical (unpaired) electrons. The summed E-state index contributed by atoms with van der Waals surface area (Å²) in [4.78, 5) is 2.93. The van der Waals surface area contributed by atoms with Gasteiger partial charge < -0.3 is 5.73 Å². The first-order valence-electron chi connectivity index (χ1n) is 8.86.